The van der Waals surface area contributed by atoms with Crippen LogP contribution in [0.25, 0.3) is 0 Å². The van der Waals surface area contributed by atoms with E-state index in [9.17, 15) is 13.2 Å². The van der Waals surface area contributed by atoms with Crippen LogP contribution in [0, 0.1) is 0 Å². The molecule has 0 atom stereocenters. The molecule has 1 aromatic rings. The Bertz CT molecular complexity index is 577. The molecule has 1 fully saturated rings. The molecule has 1 aromatic carbocycles. The van der Waals surface area contributed by atoms with E-state index in [1.54, 1.807) is 36.1 Å². The van der Waals surface area contributed by atoms with E-state index in [1.165, 1.54) is 0 Å². The summed E-state index contributed by atoms with van der Waals surface area (Å²) < 4.78 is 25.9. The van der Waals surface area contributed by atoms with Crippen LogP contribution in [-0.4, -0.2) is 26.1 Å². The number of nitrogens with one attached hydrogen (secondary N) is 1. The van der Waals surface area contributed by atoms with Crippen LogP contribution in [0.15, 0.2) is 24.3 Å². The second-order valence-electron chi connectivity index (χ2n) is 5.09. The first-order chi connectivity index (χ1) is 9.43. The molecule has 1 saturated carbocycles. The third-order valence-electron chi connectivity index (χ3n) is 3.14. The largest absolute Gasteiger partial charge is 0.310 e. The first-order valence-corrected chi connectivity index (χ1v) is 8.48. The van der Waals surface area contributed by atoms with E-state index in [4.69, 9.17) is 0 Å². The van der Waals surface area contributed by atoms with E-state index in [1.807, 2.05) is 6.92 Å². The number of nitrogens with zero attached hydrogens (tertiary/aromatic N) is 1. The Morgan fingerprint density at radius 3 is 2.35 bits per heavy atom. The number of sulfonamides is 1. The molecule has 1 aliphatic carbocycles. The summed E-state index contributed by atoms with van der Waals surface area (Å²) in [5.74, 6) is 0.128. The molecule has 6 heteroatoms. The fourth-order valence-corrected chi connectivity index (χ4v) is 3.31. The topological polar surface area (TPSA) is 66.5 Å². The minimum atomic E-state index is -3.27. The van der Waals surface area contributed by atoms with Gasteiger partial charge in [-0.3, -0.25) is 9.52 Å². The molecule has 110 valence electrons. The Morgan fingerprint density at radius 2 is 1.90 bits per heavy atom. The van der Waals surface area contributed by atoms with Crippen molar-refractivity contribution in [3.63, 3.8) is 0 Å². The van der Waals surface area contributed by atoms with Gasteiger partial charge in [-0.15, -0.1) is 0 Å². The van der Waals surface area contributed by atoms with Crippen molar-refractivity contribution in [1.29, 1.82) is 0 Å². The summed E-state index contributed by atoms with van der Waals surface area (Å²) in [5, 5.41) is 0. The number of hydrogen-bond acceptors (Lipinski definition) is 3. The summed E-state index contributed by atoms with van der Waals surface area (Å²) in [6, 6.07) is 7.25. The lowest BCUT2D eigenvalue weighted by molar-refractivity contribution is -0.116. The smallest absolute Gasteiger partial charge is 0.232 e. The van der Waals surface area contributed by atoms with Crippen molar-refractivity contribution >= 4 is 27.3 Å². The van der Waals surface area contributed by atoms with E-state index >= 15 is 0 Å². The van der Waals surface area contributed by atoms with Crippen molar-refractivity contribution in [2.45, 2.75) is 39.2 Å². The number of hydrogen-bond donors (Lipinski definition) is 1. The maximum Gasteiger partial charge on any atom is 0.232 e. The first-order valence-electron chi connectivity index (χ1n) is 6.83. The SMILES string of the molecule is CCCS(=O)(=O)Nc1ccc(N(C(C)=O)C2CC2)cc1. The highest BCUT2D eigenvalue weighted by Gasteiger charge is 2.31. The Morgan fingerprint density at radius 1 is 1.30 bits per heavy atom. The summed E-state index contributed by atoms with van der Waals surface area (Å²) in [7, 11) is -3.27. The van der Waals surface area contributed by atoms with Crippen LogP contribution in [0.3, 0.4) is 0 Å². The van der Waals surface area contributed by atoms with Crippen LogP contribution in [0.5, 0.6) is 0 Å². The molecule has 0 heterocycles. The highest BCUT2D eigenvalue weighted by molar-refractivity contribution is 7.92. The number of amides is 1. The molecule has 1 amide bonds. The summed E-state index contributed by atoms with van der Waals surface area (Å²) in [6.07, 6.45) is 2.64. The van der Waals surface area contributed by atoms with Gasteiger partial charge in [-0.2, -0.15) is 0 Å². The van der Waals surface area contributed by atoms with Gasteiger partial charge in [0.2, 0.25) is 15.9 Å². The average molecular weight is 296 g/mol. The highest BCUT2D eigenvalue weighted by atomic mass is 32.2. The molecule has 5 nitrogen and oxygen atoms in total. The van der Waals surface area contributed by atoms with E-state index < -0.39 is 10.0 Å². The average Bonchev–Trinajstić information content (AvgIpc) is 3.15. The standard InChI is InChI=1S/C14H20N2O3S/c1-3-10-20(18,19)15-12-4-6-13(7-5-12)16(11(2)17)14-8-9-14/h4-7,14-15H,3,8-10H2,1-2H3. The van der Waals surface area contributed by atoms with Crippen molar-refractivity contribution in [3.8, 4) is 0 Å². The van der Waals surface area contributed by atoms with Gasteiger partial charge in [0, 0.05) is 24.3 Å². The maximum atomic E-state index is 11.7. The monoisotopic (exact) mass is 296 g/mol. The van der Waals surface area contributed by atoms with Crippen molar-refractivity contribution in [3.05, 3.63) is 24.3 Å². The van der Waals surface area contributed by atoms with Crippen LogP contribution in [0.4, 0.5) is 11.4 Å². The zero-order valence-corrected chi connectivity index (χ0v) is 12.6. The molecule has 0 spiro atoms. The number of rotatable bonds is 6. The van der Waals surface area contributed by atoms with Crippen molar-refractivity contribution in [2.75, 3.05) is 15.4 Å². The molecule has 0 bridgehead atoms. The Hall–Kier alpha value is -1.56. The Kier molecular flexibility index (Phi) is 4.32. The lowest BCUT2D eigenvalue weighted by Crippen LogP contribution is -2.30. The highest BCUT2D eigenvalue weighted by Crippen LogP contribution is 2.32. The van der Waals surface area contributed by atoms with Crippen LogP contribution in [-0.2, 0) is 14.8 Å². The summed E-state index contributed by atoms with van der Waals surface area (Å²) in [4.78, 5) is 13.4. The molecule has 0 saturated heterocycles. The molecule has 2 rings (SSSR count). The lowest BCUT2D eigenvalue weighted by atomic mass is 10.2. The zero-order valence-electron chi connectivity index (χ0n) is 11.8. The van der Waals surface area contributed by atoms with Gasteiger partial charge in [-0.1, -0.05) is 6.92 Å². The van der Waals surface area contributed by atoms with E-state index in [2.05, 4.69) is 4.72 Å². The second-order valence-corrected chi connectivity index (χ2v) is 6.93. The lowest BCUT2D eigenvalue weighted by Gasteiger charge is -2.21. The van der Waals surface area contributed by atoms with Crippen LogP contribution >= 0.6 is 0 Å². The predicted molar refractivity (Wildman–Crippen MR) is 80.3 cm³/mol. The van der Waals surface area contributed by atoms with Gasteiger partial charge in [0.15, 0.2) is 0 Å². The Labute approximate surface area is 120 Å². The second kappa shape index (κ2) is 5.83. The number of anilines is 2. The molecular formula is C14H20N2O3S. The van der Waals surface area contributed by atoms with Gasteiger partial charge >= 0.3 is 0 Å². The number of carbonyl (C=O) groups excluding carboxylic acids is 1. The fourth-order valence-electron chi connectivity index (χ4n) is 2.17. The summed E-state index contributed by atoms with van der Waals surface area (Å²) >= 11 is 0. The van der Waals surface area contributed by atoms with Crippen molar-refractivity contribution < 1.29 is 13.2 Å². The molecule has 0 aromatic heterocycles. The molecule has 0 aliphatic heterocycles. The van der Waals surface area contributed by atoms with Crippen molar-refractivity contribution in [1.82, 2.24) is 0 Å². The maximum absolute atomic E-state index is 11.7. The summed E-state index contributed by atoms with van der Waals surface area (Å²) in [5.41, 5.74) is 1.35. The van der Waals surface area contributed by atoms with E-state index in [0.717, 1.165) is 18.5 Å². The van der Waals surface area contributed by atoms with E-state index in [0.29, 0.717) is 18.2 Å². The molecule has 0 unspecified atom stereocenters. The number of benzene rings is 1. The van der Waals surface area contributed by atoms with Gasteiger partial charge < -0.3 is 4.90 Å². The summed E-state index contributed by atoms with van der Waals surface area (Å²) in [6.45, 7) is 3.37. The molecule has 1 aliphatic rings. The van der Waals surface area contributed by atoms with Gasteiger partial charge in [-0.05, 0) is 43.5 Å². The van der Waals surface area contributed by atoms with E-state index in [-0.39, 0.29) is 11.7 Å². The third-order valence-corrected chi connectivity index (χ3v) is 4.64. The first kappa shape index (κ1) is 14.8. The third kappa shape index (κ3) is 3.72. The minimum absolute atomic E-state index is 0.0202. The normalized spacial score (nSPS) is 14.9. The molecule has 1 N–H and O–H groups in total. The minimum Gasteiger partial charge on any atom is -0.310 e. The Balaban J connectivity index is 2.11. The zero-order chi connectivity index (χ0) is 14.8. The molecule has 20 heavy (non-hydrogen) atoms. The van der Waals surface area contributed by atoms with Crippen molar-refractivity contribution in [2.24, 2.45) is 0 Å². The molecular weight excluding hydrogens is 276 g/mol. The fraction of sp³-hybridized carbons (Fsp3) is 0.500. The molecule has 0 radical (unpaired) electrons. The van der Waals surface area contributed by atoms with Crippen LogP contribution in [0.2, 0.25) is 0 Å². The van der Waals surface area contributed by atoms with Gasteiger partial charge in [0.05, 0.1) is 5.75 Å². The quantitative estimate of drug-likeness (QED) is 0.876. The number of carbonyl (C=O) groups is 1. The van der Waals surface area contributed by atoms with Gasteiger partial charge in [0.1, 0.15) is 0 Å². The van der Waals surface area contributed by atoms with Gasteiger partial charge in [0.25, 0.3) is 0 Å². The predicted octanol–water partition coefficient (Wildman–Crippen LogP) is 2.35. The van der Waals surface area contributed by atoms with Gasteiger partial charge in [-0.25, -0.2) is 8.42 Å². The van der Waals surface area contributed by atoms with Crippen LogP contribution < -0.4 is 9.62 Å². The van der Waals surface area contributed by atoms with Crippen LogP contribution in [0.1, 0.15) is 33.1 Å².